The minimum atomic E-state index is 0. The van der Waals surface area contributed by atoms with E-state index in [-0.39, 0.29) is 24.0 Å². The largest absolute Gasteiger partial charge is 0.492 e. The predicted octanol–water partition coefficient (Wildman–Crippen LogP) is 4.31. The SMILES string of the molecule is CN=C(NCc1cccc(OCCN(C)C2CCOCC2)c1)NCc1ccccc1Cl.I. The Morgan fingerprint density at radius 2 is 1.88 bits per heavy atom. The zero-order chi connectivity index (χ0) is 21.9. The standard InChI is InChI=1S/C24H33ClN4O2.HI/c1-26-24(28-18-20-7-3-4-9-23(20)25)27-17-19-6-5-8-22(16-19)31-15-12-29(2)21-10-13-30-14-11-21;/h3-9,16,21H,10-15,17-18H2,1-2H3,(H2,26,27,28);1H. The van der Waals surface area contributed by atoms with Gasteiger partial charge in [-0.05, 0) is 49.2 Å². The topological polar surface area (TPSA) is 58.1 Å². The first-order chi connectivity index (χ1) is 15.2. The fraction of sp³-hybridized carbons (Fsp3) is 0.458. The van der Waals surface area contributed by atoms with Crippen molar-refractivity contribution in [2.75, 3.05) is 40.5 Å². The van der Waals surface area contributed by atoms with Crippen molar-refractivity contribution in [3.63, 3.8) is 0 Å². The third-order valence-corrected chi connectivity index (χ3v) is 5.88. The molecule has 0 saturated carbocycles. The molecule has 0 amide bonds. The lowest BCUT2D eigenvalue weighted by Gasteiger charge is -2.31. The van der Waals surface area contributed by atoms with Gasteiger partial charge in [0.1, 0.15) is 12.4 Å². The van der Waals surface area contributed by atoms with Crippen LogP contribution < -0.4 is 15.4 Å². The van der Waals surface area contributed by atoms with Crippen LogP contribution in [0.4, 0.5) is 0 Å². The highest BCUT2D eigenvalue weighted by molar-refractivity contribution is 14.0. The smallest absolute Gasteiger partial charge is 0.191 e. The molecule has 2 aromatic rings. The number of nitrogens with one attached hydrogen (secondary N) is 2. The molecule has 0 bridgehead atoms. The number of nitrogens with zero attached hydrogens (tertiary/aromatic N) is 2. The van der Waals surface area contributed by atoms with Crippen LogP contribution in [0.3, 0.4) is 0 Å². The summed E-state index contributed by atoms with van der Waals surface area (Å²) in [5.74, 6) is 1.61. The van der Waals surface area contributed by atoms with Crippen molar-refractivity contribution in [1.29, 1.82) is 0 Å². The van der Waals surface area contributed by atoms with Crippen molar-refractivity contribution >= 4 is 41.5 Å². The summed E-state index contributed by atoms with van der Waals surface area (Å²) in [5.41, 5.74) is 2.17. The van der Waals surface area contributed by atoms with Gasteiger partial charge in [-0.3, -0.25) is 9.89 Å². The molecule has 0 aromatic heterocycles. The van der Waals surface area contributed by atoms with Crippen LogP contribution in [0, 0.1) is 0 Å². The van der Waals surface area contributed by atoms with Gasteiger partial charge in [-0.25, -0.2) is 0 Å². The van der Waals surface area contributed by atoms with E-state index in [9.17, 15) is 0 Å². The van der Waals surface area contributed by atoms with E-state index in [2.05, 4.69) is 39.7 Å². The van der Waals surface area contributed by atoms with Gasteiger partial charge in [0.2, 0.25) is 0 Å². The van der Waals surface area contributed by atoms with Crippen molar-refractivity contribution < 1.29 is 9.47 Å². The van der Waals surface area contributed by atoms with Crippen LogP contribution in [-0.4, -0.2) is 57.4 Å². The van der Waals surface area contributed by atoms with Crippen LogP contribution in [0.15, 0.2) is 53.5 Å². The summed E-state index contributed by atoms with van der Waals surface area (Å²) in [7, 11) is 3.93. The average molecular weight is 573 g/mol. The van der Waals surface area contributed by atoms with E-state index in [4.69, 9.17) is 21.1 Å². The van der Waals surface area contributed by atoms with Gasteiger partial charge < -0.3 is 20.1 Å². The Hall–Kier alpha value is -1.55. The van der Waals surface area contributed by atoms with Crippen molar-refractivity contribution in [3.8, 4) is 5.75 Å². The number of aliphatic imine (C=N–C) groups is 1. The van der Waals surface area contributed by atoms with E-state index in [0.717, 1.165) is 60.5 Å². The number of hydrogen-bond donors (Lipinski definition) is 2. The Bertz CT molecular complexity index is 846. The van der Waals surface area contributed by atoms with E-state index in [0.29, 0.717) is 25.7 Å². The highest BCUT2D eigenvalue weighted by Crippen LogP contribution is 2.16. The Morgan fingerprint density at radius 1 is 1.12 bits per heavy atom. The van der Waals surface area contributed by atoms with E-state index in [1.807, 2.05) is 36.4 Å². The molecule has 1 fully saturated rings. The van der Waals surface area contributed by atoms with Crippen LogP contribution in [0.1, 0.15) is 24.0 Å². The lowest BCUT2D eigenvalue weighted by Crippen LogP contribution is -2.38. The maximum atomic E-state index is 6.22. The normalized spacial score (nSPS) is 14.7. The fourth-order valence-corrected chi connectivity index (χ4v) is 3.79. The molecule has 2 N–H and O–H groups in total. The predicted molar refractivity (Wildman–Crippen MR) is 142 cm³/mol. The van der Waals surface area contributed by atoms with E-state index < -0.39 is 0 Å². The molecule has 1 aliphatic heterocycles. The van der Waals surface area contributed by atoms with Gasteiger partial charge in [-0.1, -0.05) is 41.9 Å². The summed E-state index contributed by atoms with van der Waals surface area (Å²) in [6, 6.07) is 16.6. The lowest BCUT2D eigenvalue weighted by molar-refractivity contribution is 0.0392. The zero-order valence-electron chi connectivity index (χ0n) is 18.9. The maximum Gasteiger partial charge on any atom is 0.191 e. The number of guanidine groups is 1. The molecule has 1 aliphatic rings. The molecule has 2 aromatic carbocycles. The third-order valence-electron chi connectivity index (χ3n) is 5.51. The summed E-state index contributed by atoms with van der Waals surface area (Å²) < 4.78 is 11.4. The first-order valence-corrected chi connectivity index (χ1v) is 11.2. The third kappa shape index (κ3) is 8.77. The van der Waals surface area contributed by atoms with Gasteiger partial charge in [0.15, 0.2) is 5.96 Å². The van der Waals surface area contributed by atoms with E-state index in [1.54, 1.807) is 7.05 Å². The second-order valence-electron chi connectivity index (χ2n) is 7.69. The molecule has 0 atom stereocenters. The second-order valence-corrected chi connectivity index (χ2v) is 8.10. The van der Waals surface area contributed by atoms with Gasteiger partial charge in [0.25, 0.3) is 0 Å². The molecule has 1 heterocycles. The first kappa shape index (κ1) is 26.7. The molecule has 3 rings (SSSR count). The van der Waals surface area contributed by atoms with Crippen LogP contribution in [-0.2, 0) is 17.8 Å². The van der Waals surface area contributed by atoms with Crippen LogP contribution in [0.5, 0.6) is 5.75 Å². The number of rotatable bonds is 9. The number of benzene rings is 2. The minimum absolute atomic E-state index is 0. The molecular formula is C24H34ClIN4O2. The summed E-state index contributed by atoms with van der Waals surface area (Å²) in [4.78, 5) is 6.67. The van der Waals surface area contributed by atoms with Crippen molar-refractivity contribution in [1.82, 2.24) is 15.5 Å². The maximum absolute atomic E-state index is 6.22. The monoisotopic (exact) mass is 572 g/mol. The van der Waals surface area contributed by atoms with Crippen LogP contribution in [0.2, 0.25) is 5.02 Å². The fourth-order valence-electron chi connectivity index (χ4n) is 3.59. The Morgan fingerprint density at radius 3 is 2.62 bits per heavy atom. The van der Waals surface area contributed by atoms with Crippen molar-refractivity contribution in [2.45, 2.75) is 32.0 Å². The Labute approximate surface area is 213 Å². The van der Waals surface area contributed by atoms with E-state index >= 15 is 0 Å². The van der Waals surface area contributed by atoms with Crippen LogP contribution in [0.25, 0.3) is 0 Å². The summed E-state index contributed by atoms with van der Waals surface area (Å²) in [6.07, 6.45) is 2.20. The zero-order valence-corrected chi connectivity index (χ0v) is 21.9. The second kappa shape index (κ2) is 14.6. The van der Waals surface area contributed by atoms with Gasteiger partial charge >= 0.3 is 0 Å². The molecule has 176 valence electrons. The highest BCUT2D eigenvalue weighted by atomic mass is 127. The van der Waals surface area contributed by atoms with E-state index in [1.165, 1.54) is 0 Å². The van der Waals surface area contributed by atoms with Gasteiger partial charge in [-0.15, -0.1) is 24.0 Å². The number of hydrogen-bond acceptors (Lipinski definition) is 4. The summed E-state index contributed by atoms with van der Waals surface area (Å²) in [6.45, 7) is 4.57. The molecule has 32 heavy (non-hydrogen) atoms. The number of likely N-dealkylation sites (N-methyl/N-ethyl adjacent to an activating group) is 1. The molecule has 6 nitrogen and oxygen atoms in total. The molecule has 0 unspecified atom stereocenters. The summed E-state index contributed by atoms with van der Waals surface area (Å²) >= 11 is 6.22. The van der Waals surface area contributed by atoms with Gasteiger partial charge in [-0.2, -0.15) is 0 Å². The van der Waals surface area contributed by atoms with Crippen molar-refractivity contribution in [3.05, 3.63) is 64.7 Å². The first-order valence-electron chi connectivity index (χ1n) is 10.8. The molecule has 0 aliphatic carbocycles. The summed E-state index contributed by atoms with van der Waals surface area (Å²) in [5, 5.41) is 7.39. The number of ether oxygens (including phenoxy) is 2. The Kier molecular flexibility index (Phi) is 12.2. The number of halogens is 2. The molecular weight excluding hydrogens is 539 g/mol. The minimum Gasteiger partial charge on any atom is -0.492 e. The molecule has 1 saturated heterocycles. The lowest BCUT2D eigenvalue weighted by atomic mass is 10.1. The Balaban J connectivity index is 0.00000363. The van der Waals surface area contributed by atoms with Crippen LogP contribution >= 0.6 is 35.6 Å². The molecule has 0 radical (unpaired) electrons. The van der Waals surface area contributed by atoms with Gasteiger partial charge in [0.05, 0.1) is 0 Å². The quantitative estimate of drug-likeness (QED) is 0.266. The van der Waals surface area contributed by atoms with Gasteiger partial charge in [0, 0.05) is 51.0 Å². The highest BCUT2D eigenvalue weighted by Gasteiger charge is 2.17. The van der Waals surface area contributed by atoms with Crippen molar-refractivity contribution in [2.24, 2.45) is 4.99 Å². The average Bonchev–Trinajstić information content (AvgIpc) is 2.81. The molecule has 8 heteroatoms. The molecule has 0 spiro atoms.